The van der Waals surface area contributed by atoms with Crippen molar-refractivity contribution in [2.75, 3.05) is 39.8 Å². The minimum atomic E-state index is -1.68. The van der Waals surface area contributed by atoms with Gasteiger partial charge in [-0.3, -0.25) is 4.79 Å². The molecule has 0 aliphatic heterocycles. The van der Waals surface area contributed by atoms with Crippen molar-refractivity contribution >= 4 is 115 Å². The van der Waals surface area contributed by atoms with Crippen molar-refractivity contribution in [3.05, 3.63) is 347 Å². The number of anilines is 1. The SMILES string of the molecule is CCCn1c(-c2ccccc2)cc2cc(C)ccc21.CCCn1c(-c2ccccc2)cc2cc(NCCO[Si](C)(C)C(C)(C)C)ccc21.CCCn1c(-c2ccccc2)cc2cc(O)ccc21.CCCn1c(-c2ccccc2)cc2cc(OC)ccc21.COc1ccc2c(c1)C=C(c1ccccc1)C2.COc1ccc2c(c1)C=CC2.O=C(Cl)c1c(Cl)ncnc1Cl. The Balaban J connectivity index is 0.000000136. The van der Waals surface area contributed by atoms with Crippen molar-refractivity contribution < 1.29 is 28.5 Å². The Morgan fingerprint density at radius 3 is 1.29 bits per heavy atom. The number of phenols is 1. The van der Waals surface area contributed by atoms with E-state index in [9.17, 15) is 9.90 Å². The monoisotopic (exact) mass is 1750 g/mol. The van der Waals surface area contributed by atoms with Crippen LogP contribution in [0.4, 0.5) is 5.69 Å². The number of rotatable bonds is 22. The molecular formula is C109H116Cl3N7O6Si. The van der Waals surface area contributed by atoms with Gasteiger partial charge in [0.1, 0.15) is 45.2 Å². The van der Waals surface area contributed by atoms with Crippen LogP contribution in [-0.4, -0.2) is 81.4 Å². The number of aryl methyl sites for hydroxylation is 5. The lowest BCUT2D eigenvalue weighted by Crippen LogP contribution is -2.41. The van der Waals surface area contributed by atoms with Gasteiger partial charge in [0.05, 0.1) is 27.9 Å². The molecule has 2 aliphatic rings. The largest absolute Gasteiger partial charge is 0.508 e. The summed E-state index contributed by atoms with van der Waals surface area (Å²) in [6.45, 7) is 28.2. The van der Waals surface area contributed by atoms with Crippen LogP contribution >= 0.6 is 34.8 Å². The highest BCUT2D eigenvalue weighted by molar-refractivity contribution is 6.74. The average molecular weight is 1750 g/mol. The molecule has 0 unspecified atom stereocenters. The van der Waals surface area contributed by atoms with E-state index in [-0.39, 0.29) is 20.9 Å². The van der Waals surface area contributed by atoms with E-state index < -0.39 is 13.6 Å². The zero-order valence-corrected chi connectivity index (χ0v) is 78.0. The molecule has 18 rings (SSSR count). The molecule has 0 amide bonds. The Kier molecular flexibility index (Phi) is 33.0. The Labute approximate surface area is 759 Å². The van der Waals surface area contributed by atoms with Crippen LogP contribution in [-0.2, 0) is 43.4 Å². The maximum absolute atomic E-state index is 10.6. The normalized spacial score (nSPS) is 11.7. The number of carbonyl (C=O) groups is 1. The maximum Gasteiger partial charge on any atom is 0.258 e. The number of nitrogens with one attached hydrogen (secondary N) is 1. The van der Waals surface area contributed by atoms with Gasteiger partial charge in [-0.05, 0) is 246 Å². The fourth-order valence-electron chi connectivity index (χ4n) is 15.5. The first-order chi connectivity index (χ1) is 61.0. The third-order valence-corrected chi connectivity index (χ3v) is 28.2. The Morgan fingerprint density at radius 2 is 0.849 bits per heavy atom. The minimum absolute atomic E-state index is 0.0370. The Morgan fingerprint density at radius 1 is 0.460 bits per heavy atom. The molecule has 2 N–H and O–H groups in total. The number of allylic oxidation sites excluding steroid dienone is 2. The number of phenolic OH excluding ortho intramolecular Hbond substituents is 1. The maximum atomic E-state index is 10.6. The summed E-state index contributed by atoms with van der Waals surface area (Å²) in [5.41, 5.74) is 25.7. The predicted molar refractivity (Wildman–Crippen MR) is 534 cm³/mol. The molecule has 5 heterocycles. The van der Waals surface area contributed by atoms with Crippen LogP contribution in [0.5, 0.6) is 23.0 Å². The zero-order chi connectivity index (χ0) is 89.3. The first-order valence-electron chi connectivity index (χ1n) is 43.5. The van der Waals surface area contributed by atoms with Crippen LogP contribution in [0.2, 0.25) is 28.4 Å². The number of aromatic hydroxyl groups is 1. The molecule has 126 heavy (non-hydrogen) atoms. The molecule has 0 bridgehead atoms. The fourth-order valence-corrected chi connectivity index (χ4v) is 17.3. The van der Waals surface area contributed by atoms with Gasteiger partial charge < -0.3 is 47.3 Å². The van der Waals surface area contributed by atoms with E-state index in [1.165, 1.54) is 122 Å². The molecule has 0 saturated heterocycles. The Bertz CT molecular complexity index is 6190. The van der Waals surface area contributed by atoms with Gasteiger partial charge in [-0.25, -0.2) is 9.97 Å². The number of hydrogen-bond donors (Lipinski definition) is 2. The topological polar surface area (TPSA) is 132 Å². The highest BCUT2D eigenvalue weighted by Gasteiger charge is 2.37. The summed E-state index contributed by atoms with van der Waals surface area (Å²) >= 11 is 16.1. The lowest BCUT2D eigenvalue weighted by atomic mass is 10.0. The number of halogens is 3. The molecule has 13 nitrogen and oxygen atoms in total. The van der Waals surface area contributed by atoms with E-state index in [2.05, 4.69) is 363 Å². The average Bonchev–Trinajstić information content (AvgIpc) is 1.65. The molecule has 648 valence electrons. The minimum Gasteiger partial charge on any atom is -0.508 e. The fraction of sp³-hybridized carbons (Fsp3) is 0.239. The van der Waals surface area contributed by atoms with Crippen molar-refractivity contribution in [1.29, 1.82) is 0 Å². The summed E-state index contributed by atoms with van der Waals surface area (Å²) in [4.78, 5) is 17.7. The molecule has 0 fully saturated rings. The summed E-state index contributed by atoms with van der Waals surface area (Å²) < 4.78 is 31.6. The van der Waals surface area contributed by atoms with E-state index in [0.29, 0.717) is 5.75 Å². The Hall–Kier alpha value is -12.1. The quantitative estimate of drug-likeness (QED) is 0.0295. The van der Waals surface area contributed by atoms with Gasteiger partial charge >= 0.3 is 0 Å². The predicted octanol–water partition coefficient (Wildman–Crippen LogP) is 29.5. The molecule has 16 aromatic rings. The highest BCUT2D eigenvalue weighted by Crippen LogP contribution is 2.40. The first-order valence-corrected chi connectivity index (χ1v) is 47.5. The van der Waals surface area contributed by atoms with Crippen LogP contribution in [0.25, 0.3) is 106 Å². The van der Waals surface area contributed by atoms with Crippen LogP contribution in [0.3, 0.4) is 0 Å². The number of nitrogens with zero attached hydrogens (tertiary/aromatic N) is 6. The van der Waals surface area contributed by atoms with Crippen LogP contribution < -0.4 is 19.5 Å². The number of carbonyl (C=O) groups excluding carboxylic acids is 1. The molecule has 2 aliphatic carbocycles. The zero-order valence-electron chi connectivity index (χ0n) is 74.7. The molecule has 11 aromatic carbocycles. The third-order valence-electron chi connectivity index (χ3n) is 22.9. The summed E-state index contributed by atoms with van der Waals surface area (Å²) in [7, 11) is 3.43. The van der Waals surface area contributed by atoms with Crippen molar-refractivity contribution in [3.8, 4) is 68.0 Å². The molecule has 17 heteroatoms. The molecule has 0 spiro atoms. The molecule has 0 radical (unpaired) electrons. The number of methoxy groups -OCH3 is 3. The van der Waals surface area contributed by atoms with Crippen LogP contribution in [0.15, 0.2) is 298 Å². The number of benzene rings is 11. The second kappa shape index (κ2) is 44.6. The number of ether oxygens (including phenoxy) is 3. The number of fused-ring (bicyclic) bond motifs is 6. The molecular weight excluding hydrogens is 1640 g/mol. The van der Waals surface area contributed by atoms with E-state index in [1.54, 1.807) is 27.4 Å². The molecule has 5 aromatic heterocycles. The second-order valence-electron chi connectivity index (χ2n) is 32.8. The smallest absolute Gasteiger partial charge is 0.258 e. The summed E-state index contributed by atoms with van der Waals surface area (Å²) in [5, 5.41) is 17.5. The van der Waals surface area contributed by atoms with E-state index in [1.807, 2.05) is 36.4 Å². The molecule has 0 atom stereocenters. The number of hydrogen-bond acceptors (Lipinski definition) is 9. The summed E-state index contributed by atoms with van der Waals surface area (Å²) in [6.07, 6.45) is 14.3. The van der Waals surface area contributed by atoms with Gasteiger partial charge in [-0.2, -0.15) is 0 Å². The van der Waals surface area contributed by atoms with Crippen molar-refractivity contribution in [2.24, 2.45) is 0 Å². The third kappa shape index (κ3) is 23.7. The van der Waals surface area contributed by atoms with E-state index >= 15 is 0 Å². The lowest BCUT2D eigenvalue weighted by molar-refractivity contribution is 0.108. The first kappa shape index (κ1) is 93.0. The van der Waals surface area contributed by atoms with Gasteiger partial charge in [-0.15, -0.1) is 0 Å². The number of aromatic nitrogens is 6. The standard InChI is InChI=1S/C25H36N2OSi.C18H19NO.C18H19N.C17H17NO.C16H14O.C10H10O.C5HCl3N2O/c1-7-16-27-23-14-13-22(26-15-17-28-29(5,6)25(2,3)4)18-21(23)19-24(27)20-11-9-8-10-12-20;1-3-11-19-17-10-9-16(20-2)12-15(17)13-18(19)14-7-5-4-6-8-14;1-3-11-19-17-10-9-14(2)12-16(17)13-18(19)15-7-5-4-6-8-15;1-2-10-18-16-9-8-15(19)11-14(16)12-17(18)13-6-4-3-5-7-13;1-17-16-8-7-13-9-14(10-15(13)11-16)12-5-3-2-4-6-12;1-11-10-6-5-8-3-2-4-9(8)7-10;6-3-2(5(8)11)4(7)10-1-9-3/h8-14,18-19,26H,7,15-17H2,1-6H3;4-10,12-13H,3,11H2,1-2H3;4-10,12-13H,3,11H2,1-2H3;3-9,11-12,19H,2,10H2,1H3;2-8,10-11H,9H2,1H3;2,4-7H,3H2,1H3;1H. The summed E-state index contributed by atoms with van der Waals surface area (Å²) in [5.74, 6) is 3.09. The van der Waals surface area contributed by atoms with Gasteiger partial charge in [-0.1, -0.05) is 265 Å². The van der Waals surface area contributed by atoms with E-state index in [4.69, 9.17) is 53.4 Å². The van der Waals surface area contributed by atoms with Crippen LogP contribution in [0.1, 0.15) is 118 Å². The van der Waals surface area contributed by atoms with Gasteiger partial charge in [0.2, 0.25) is 0 Å². The molecule has 0 saturated carbocycles. The lowest BCUT2D eigenvalue weighted by Gasteiger charge is -2.36. The van der Waals surface area contributed by atoms with Crippen molar-refractivity contribution in [1.82, 2.24) is 28.2 Å². The highest BCUT2D eigenvalue weighted by atomic mass is 35.5. The second-order valence-corrected chi connectivity index (χ2v) is 38.6. The van der Waals surface area contributed by atoms with E-state index in [0.717, 1.165) is 113 Å². The van der Waals surface area contributed by atoms with Crippen molar-refractivity contribution in [2.45, 2.75) is 138 Å². The van der Waals surface area contributed by atoms with Gasteiger partial charge in [0.15, 0.2) is 8.32 Å². The van der Waals surface area contributed by atoms with Gasteiger partial charge in [0.25, 0.3) is 5.24 Å². The summed E-state index contributed by atoms with van der Waals surface area (Å²) in [6, 6.07) is 99.6. The van der Waals surface area contributed by atoms with Crippen LogP contribution in [0, 0.1) is 6.92 Å². The van der Waals surface area contributed by atoms with Crippen molar-refractivity contribution in [3.63, 3.8) is 0 Å². The van der Waals surface area contributed by atoms with Gasteiger partial charge in [0, 0.05) is 105 Å².